The summed E-state index contributed by atoms with van der Waals surface area (Å²) in [7, 11) is 0. The summed E-state index contributed by atoms with van der Waals surface area (Å²) in [5.74, 6) is 3.20. The Bertz CT molecular complexity index is 543. The van der Waals surface area contributed by atoms with E-state index in [4.69, 9.17) is 0 Å². The summed E-state index contributed by atoms with van der Waals surface area (Å²) in [6.07, 6.45) is 7.37. The fraction of sp³-hybridized carbons (Fsp3) is 0.562. The highest BCUT2D eigenvalue weighted by molar-refractivity contribution is 9.10. The molecule has 0 amide bonds. The van der Waals surface area contributed by atoms with Gasteiger partial charge < -0.3 is 0 Å². The Morgan fingerprint density at radius 2 is 2.05 bits per heavy atom. The fourth-order valence-corrected chi connectivity index (χ4v) is 5.03. The van der Waals surface area contributed by atoms with E-state index in [1.165, 1.54) is 34.4 Å². The van der Waals surface area contributed by atoms with Gasteiger partial charge in [-0.2, -0.15) is 16.8 Å². The van der Waals surface area contributed by atoms with Crippen LogP contribution in [0.25, 0.3) is 0 Å². The third-order valence-corrected chi connectivity index (χ3v) is 6.37. The van der Waals surface area contributed by atoms with Crippen LogP contribution in [-0.4, -0.2) is 17.6 Å². The van der Waals surface area contributed by atoms with Gasteiger partial charge in [-0.1, -0.05) is 28.1 Å². The molecule has 1 heterocycles. The minimum atomic E-state index is -0.286. The zero-order valence-electron chi connectivity index (χ0n) is 11.4. The maximum atomic E-state index is 10.7. The minimum Gasteiger partial charge on any atom is -0.211 e. The third-order valence-electron chi connectivity index (χ3n) is 4.64. The van der Waals surface area contributed by atoms with Crippen LogP contribution in [0.2, 0.25) is 0 Å². The molecule has 0 bridgehead atoms. The molecular formula is C16H18BrNOS. The van der Waals surface area contributed by atoms with Crippen molar-refractivity contribution in [1.29, 1.82) is 0 Å². The number of benzene rings is 1. The molecule has 20 heavy (non-hydrogen) atoms. The largest absolute Gasteiger partial charge is 0.235 e. The van der Waals surface area contributed by atoms with Crippen LogP contribution in [0.15, 0.2) is 27.7 Å². The molecule has 1 aromatic rings. The lowest BCUT2D eigenvalue weighted by molar-refractivity contribution is 0.256. The highest BCUT2D eigenvalue weighted by atomic mass is 79.9. The SMILES string of the molecule is O=C=NC1(c2ccc(C3CCSCC3)c(Br)c2)CCC1. The number of aliphatic imine (C=N–C) groups is 1. The summed E-state index contributed by atoms with van der Waals surface area (Å²) in [5, 5.41) is 0. The second-order valence-electron chi connectivity index (χ2n) is 5.71. The lowest BCUT2D eigenvalue weighted by Gasteiger charge is -2.37. The molecule has 3 rings (SSSR count). The molecule has 2 aliphatic rings. The summed E-state index contributed by atoms with van der Waals surface area (Å²) in [6.45, 7) is 0. The number of hydrogen-bond acceptors (Lipinski definition) is 3. The molecule has 1 aliphatic heterocycles. The van der Waals surface area contributed by atoms with Crippen LogP contribution < -0.4 is 0 Å². The Labute approximate surface area is 132 Å². The van der Waals surface area contributed by atoms with Gasteiger partial charge in [-0.15, -0.1) is 0 Å². The van der Waals surface area contributed by atoms with Gasteiger partial charge >= 0.3 is 0 Å². The molecule has 106 valence electrons. The molecule has 0 unspecified atom stereocenters. The van der Waals surface area contributed by atoms with Crippen molar-refractivity contribution >= 4 is 33.8 Å². The van der Waals surface area contributed by atoms with Gasteiger partial charge in [0.15, 0.2) is 0 Å². The normalized spacial score (nSPS) is 21.9. The first-order valence-electron chi connectivity index (χ1n) is 7.22. The van der Waals surface area contributed by atoms with Crippen LogP contribution >= 0.6 is 27.7 Å². The summed E-state index contributed by atoms with van der Waals surface area (Å²) >= 11 is 5.79. The third kappa shape index (κ3) is 2.61. The van der Waals surface area contributed by atoms with E-state index in [0.29, 0.717) is 5.92 Å². The molecule has 0 N–H and O–H groups in total. The lowest BCUT2D eigenvalue weighted by Crippen LogP contribution is -2.31. The second kappa shape index (κ2) is 6.05. The predicted molar refractivity (Wildman–Crippen MR) is 87.1 cm³/mol. The second-order valence-corrected chi connectivity index (χ2v) is 7.79. The highest BCUT2D eigenvalue weighted by Gasteiger charge is 2.39. The molecule has 4 heteroatoms. The topological polar surface area (TPSA) is 29.4 Å². The number of carbonyl (C=O) groups excluding carboxylic acids is 1. The average Bonchev–Trinajstić information content (AvgIpc) is 2.44. The minimum absolute atomic E-state index is 0.286. The Morgan fingerprint density at radius 1 is 1.30 bits per heavy atom. The summed E-state index contributed by atoms with van der Waals surface area (Å²) < 4.78 is 1.18. The van der Waals surface area contributed by atoms with Crippen molar-refractivity contribution in [2.75, 3.05) is 11.5 Å². The number of isocyanates is 1. The zero-order valence-corrected chi connectivity index (χ0v) is 13.8. The standard InChI is InChI=1S/C16H18BrNOS/c17-15-10-13(16(18-11-19)6-1-7-16)2-3-14(15)12-4-8-20-9-5-12/h2-3,10,12H,1,4-9H2. The van der Waals surface area contributed by atoms with E-state index >= 15 is 0 Å². The first kappa shape index (κ1) is 14.4. The molecule has 1 aliphatic carbocycles. The number of hydrogen-bond donors (Lipinski definition) is 0. The Kier molecular flexibility index (Phi) is 4.34. The van der Waals surface area contributed by atoms with Crippen molar-refractivity contribution in [3.8, 4) is 0 Å². The average molecular weight is 352 g/mol. The van der Waals surface area contributed by atoms with E-state index in [1.807, 2.05) is 0 Å². The van der Waals surface area contributed by atoms with Gasteiger partial charge in [-0.25, -0.2) is 4.79 Å². The van der Waals surface area contributed by atoms with Gasteiger partial charge in [-0.05, 0) is 66.7 Å². The van der Waals surface area contributed by atoms with Crippen molar-refractivity contribution in [3.05, 3.63) is 33.8 Å². The number of nitrogens with zero attached hydrogens (tertiary/aromatic N) is 1. The molecule has 0 aromatic heterocycles. The maximum absolute atomic E-state index is 10.7. The summed E-state index contributed by atoms with van der Waals surface area (Å²) in [5.41, 5.74) is 2.29. The molecule has 1 aromatic carbocycles. The molecular weight excluding hydrogens is 334 g/mol. The van der Waals surface area contributed by atoms with Gasteiger partial charge in [0, 0.05) is 4.47 Å². The van der Waals surface area contributed by atoms with Crippen molar-refractivity contribution in [3.63, 3.8) is 0 Å². The molecule has 1 saturated carbocycles. The van der Waals surface area contributed by atoms with Gasteiger partial charge in [0.1, 0.15) is 0 Å². The van der Waals surface area contributed by atoms with Crippen molar-refractivity contribution in [2.45, 2.75) is 43.6 Å². The Balaban J connectivity index is 1.89. The fourth-order valence-electron chi connectivity index (χ4n) is 3.22. The smallest absolute Gasteiger partial charge is 0.211 e. The molecule has 0 radical (unpaired) electrons. The van der Waals surface area contributed by atoms with Crippen LogP contribution in [0.3, 0.4) is 0 Å². The summed E-state index contributed by atoms with van der Waals surface area (Å²) in [6, 6.07) is 6.58. The van der Waals surface area contributed by atoms with E-state index in [0.717, 1.165) is 24.8 Å². The van der Waals surface area contributed by atoms with E-state index in [1.54, 1.807) is 6.08 Å². The zero-order chi connectivity index (χ0) is 14.0. The van der Waals surface area contributed by atoms with Crippen LogP contribution in [0.1, 0.15) is 49.1 Å². The van der Waals surface area contributed by atoms with Crippen LogP contribution in [0.5, 0.6) is 0 Å². The van der Waals surface area contributed by atoms with Gasteiger partial charge in [-0.3, -0.25) is 0 Å². The maximum Gasteiger partial charge on any atom is 0.235 e. The van der Waals surface area contributed by atoms with Gasteiger partial charge in [0.2, 0.25) is 6.08 Å². The monoisotopic (exact) mass is 351 g/mol. The molecule has 0 spiro atoms. The van der Waals surface area contributed by atoms with E-state index in [2.05, 4.69) is 50.9 Å². The number of thioether (sulfide) groups is 1. The Hall–Kier alpha value is -0.570. The predicted octanol–water partition coefficient (Wildman–Crippen LogP) is 4.77. The molecule has 0 atom stereocenters. The van der Waals surface area contributed by atoms with Crippen molar-refractivity contribution in [2.24, 2.45) is 4.99 Å². The number of rotatable bonds is 3. The summed E-state index contributed by atoms with van der Waals surface area (Å²) in [4.78, 5) is 14.8. The first-order valence-corrected chi connectivity index (χ1v) is 9.17. The Morgan fingerprint density at radius 3 is 2.60 bits per heavy atom. The highest BCUT2D eigenvalue weighted by Crippen LogP contribution is 2.46. The van der Waals surface area contributed by atoms with Crippen molar-refractivity contribution < 1.29 is 4.79 Å². The lowest BCUT2D eigenvalue weighted by atomic mass is 9.72. The first-order chi connectivity index (χ1) is 9.75. The molecule has 2 nitrogen and oxygen atoms in total. The van der Waals surface area contributed by atoms with Crippen LogP contribution in [-0.2, 0) is 10.3 Å². The van der Waals surface area contributed by atoms with Crippen LogP contribution in [0.4, 0.5) is 0 Å². The van der Waals surface area contributed by atoms with Gasteiger partial charge in [0.05, 0.1) is 5.54 Å². The van der Waals surface area contributed by atoms with E-state index in [-0.39, 0.29) is 5.54 Å². The van der Waals surface area contributed by atoms with Gasteiger partial charge in [0.25, 0.3) is 0 Å². The molecule has 2 fully saturated rings. The number of halogens is 1. The van der Waals surface area contributed by atoms with E-state index < -0.39 is 0 Å². The van der Waals surface area contributed by atoms with E-state index in [9.17, 15) is 4.79 Å². The van der Waals surface area contributed by atoms with Crippen LogP contribution in [0, 0.1) is 0 Å². The molecule has 1 saturated heterocycles. The van der Waals surface area contributed by atoms with Crippen molar-refractivity contribution in [1.82, 2.24) is 0 Å². The quantitative estimate of drug-likeness (QED) is 0.579.